The van der Waals surface area contributed by atoms with Crippen LogP contribution in [-0.4, -0.2) is 31.1 Å². The number of rotatable bonds is 7. The maximum Gasteiger partial charge on any atom is 0.147 e. The van der Waals surface area contributed by atoms with Gasteiger partial charge in [-0.2, -0.15) is 0 Å². The van der Waals surface area contributed by atoms with E-state index in [0.717, 1.165) is 29.4 Å². The second-order valence-electron chi connectivity index (χ2n) is 5.34. The van der Waals surface area contributed by atoms with E-state index in [-0.39, 0.29) is 5.41 Å². The van der Waals surface area contributed by atoms with Crippen LogP contribution < -0.4 is 0 Å². The molecule has 0 aromatic carbocycles. The monoisotopic (exact) mass is 388 g/mol. The summed E-state index contributed by atoms with van der Waals surface area (Å²) in [5.74, 6) is 1.07. The molecule has 1 rings (SSSR count). The number of alkyl halides is 2. The van der Waals surface area contributed by atoms with E-state index in [0.29, 0.717) is 5.75 Å². The average Bonchev–Trinajstić information content (AvgIpc) is 2.77. The Morgan fingerprint density at radius 3 is 2.12 bits per heavy atom. The van der Waals surface area contributed by atoms with Gasteiger partial charge in [0.15, 0.2) is 0 Å². The third-order valence-corrected chi connectivity index (χ3v) is 7.21. The molecule has 0 radical (unpaired) electrons. The fourth-order valence-electron chi connectivity index (χ4n) is 2.82. The number of halogens is 2. The lowest BCUT2D eigenvalue weighted by Crippen LogP contribution is -2.33. The first kappa shape index (κ1) is 16.0. The lowest BCUT2D eigenvalue weighted by atomic mass is 9.74. The molecule has 102 valence electrons. The molecular formula is C12H22Br2O2S. The van der Waals surface area contributed by atoms with Gasteiger partial charge in [-0.05, 0) is 37.0 Å². The number of hydrogen-bond acceptors (Lipinski definition) is 2. The second-order valence-corrected chi connectivity index (χ2v) is 8.73. The zero-order valence-electron chi connectivity index (χ0n) is 10.4. The average molecular weight is 390 g/mol. The molecule has 17 heavy (non-hydrogen) atoms. The summed E-state index contributed by atoms with van der Waals surface area (Å²) >= 11 is 7.29. The van der Waals surface area contributed by atoms with Crippen LogP contribution in [0.3, 0.4) is 0 Å². The van der Waals surface area contributed by atoms with E-state index >= 15 is 0 Å². The molecule has 0 spiro atoms. The van der Waals surface area contributed by atoms with Gasteiger partial charge in [-0.3, -0.25) is 0 Å². The largest absolute Gasteiger partial charge is 0.229 e. The molecule has 5 heteroatoms. The molecule has 0 bridgehead atoms. The molecule has 0 saturated heterocycles. The minimum Gasteiger partial charge on any atom is -0.229 e. The highest BCUT2D eigenvalue weighted by molar-refractivity contribution is 9.09. The van der Waals surface area contributed by atoms with Gasteiger partial charge < -0.3 is 0 Å². The second kappa shape index (κ2) is 6.90. The van der Waals surface area contributed by atoms with Gasteiger partial charge in [-0.25, -0.2) is 8.42 Å². The molecule has 1 aliphatic carbocycles. The van der Waals surface area contributed by atoms with E-state index in [1.807, 2.05) is 0 Å². The Balaban J connectivity index is 2.58. The van der Waals surface area contributed by atoms with Crippen LogP contribution in [0.4, 0.5) is 0 Å². The van der Waals surface area contributed by atoms with E-state index in [9.17, 15) is 8.42 Å². The molecule has 0 N–H and O–H groups in total. The summed E-state index contributed by atoms with van der Waals surface area (Å²) in [6.07, 6.45) is 8.38. The lowest BCUT2D eigenvalue weighted by molar-refractivity contribution is 0.215. The summed E-state index contributed by atoms with van der Waals surface area (Å²) in [5, 5.41) is 1.94. The zero-order chi connectivity index (χ0) is 12.9. The van der Waals surface area contributed by atoms with Gasteiger partial charge in [-0.15, -0.1) is 0 Å². The summed E-state index contributed by atoms with van der Waals surface area (Å²) < 4.78 is 22.4. The molecule has 0 unspecified atom stereocenters. The Morgan fingerprint density at radius 2 is 1.71 bits per heavy atom. The van der Waals surface area contributed by atoms with Gasteiger partial charge in [0.25, 0.3) is 0 Å². The lowest BCUT2D eigenvalue weighted by Gasteiger charge is -2.36. The Bertz CT molecular complexity index is 317. The van der Waals surface area contributed by atoms with Crippen LogP contribution in [0.25, 0.3) is 0 Å². The molecule has 0 aliphatic heterocycles. The number of sulfone groups is 1. The Kier molecular flexibility index (Phi) is 6.48. The summed E-state index contributed by atoms with van der Waals surface area (Å²) in [4.78, 5) is 0. The molecule has 1 saturated carbocycles. The molecule has 0 atom stereocenters. The molecular weight excluding hydrogens is 368 g/mol. The molecule has 1 aliphatic rings. The van der Waals surface area contributed by atoms with E-state index in [1.165, 1.54) is 31.9 Å². The fraction of sp³-hybridized carbons (Fsp3) is 1.00. The van der Waals surface area contributed by atoms with Gasteiger partial charge in [0, 0.05) is 22.7 Å². The van der Waals surface area contributed by atoms with Crippen molar-refractivity contribution in [3.05, 3.63) is 0 Å². The van der Waals surface area contributed by atoms with E-state index in [1.54, 1.807) is 0 Å². The maximum absolute atomic E-state index is 11.2. The van der Waals surface area contributed by atoms with Crippen molar-refractivity contribution in [3.63, 3.8) is 0 Å². The molecule has 0 heterocycles. The first-order chi connectivity index (χ1) is 7.93. The Hall–Kier alpha value is 0.910. The van der Waals surface area contributed by atoms with Crippen molar-refractivity contribution < 1.29 is 8.42 Å². The molecule has 0 amide bonds. The SMILES string of the molecule is CS(=O)(=O)CCCC(CBr)(CBr)C1CCCC1. The van der Waals surface area contributed by atoms with Gasteiger partial charge in [-0.1, -0.05) is 44.7 Å². The smallest absolute Gasteiger partial charge is 0.147 e. The molecule has 1 fully saturated rings. The maximum atomic E-state index is 11.2. The highest BCUT2D eigenvalue weighted by Gasteiger charge is 2.38. The van der Waals surface area contributed by atoms with Crippen molar-refractivity contribution in [1.82, 2.24) is 0 Å². The van der Waals surface area contributed by atoms with Gasteiger partial charge in [0.2, 0.25) is 0 Å². The van der Waals surface area contributed by atoms with Crippen molar-refractivity contribution >= 4 is 41.7 Å². The molecule has 0 aromatic heterocycles. The number of hydrogen-bond donors (Lipinski definition) is 0. The van der Waals surface area contributed by atoms with E-state index in [4.69, 9.17) is 0 Å². The third kappa shape index (κ3) is 4.83. The zero-order valence-corrected chi connectivity index (χ0v) is 14.4. The summed E-state index contributed by atoms with van der Waals surface area (Å²) in [5.41, 5.74) is 0.251. The first-order valence-electron chi connectivity index (χ1n) is 6.23. The van der Waals surface area contributed by atoms with Crippen molar-refractivity contribution in [2.45, 2.75) is 38.5 Å². The molecule has 2 nitrogen and oxygen atoms in total. The predicted molar refractivity (Wildman–Crippen MR) is 80.9 cm³/mol. The minimum absolute atomic E-state index is 0.251. The third-order valence-electron chi connectivity index (χ3n) is 3.94. The standard InChI is InChI=1S/C12H22Br2O2S/c1-17(15,16)8-4-7-12(9-13,10-14)11-5-2-3-6-11/h11H,2-10H2,1H3. The Labute approximate surface area is 122 Å². The van der Waals surface area contributed by atoms with E-state index < -0.39 is 9.84 Å². The summed E-state index contributed by atoms with van der Waals surface area (Å²) in [6, 6.07) is 0. The molecule has 0 aromatic rings. The van der Waals surface area contributed by atoms with Crippen LogP contribution in [0.15, 0.2) is 0 Å². The first-order valence-corrected chi connectivity index (χ1v) is 10.5. The van der Waals surface area contributed by atoms with Crippen molar-refractivity contribution in [1.29, 1.82) is 0 Å². The minimum atomic E-state index is -2.82. The van der Waals surface area contributed by atoms with E-state index in [2.05, 4.69) is 31.9 Å². The topological polar surface area (TPSA) is 34.1 Å². The summed E-state index contributed by atoms with van der Waals surface area (Å²) in [7, 11) is -2.82. The predicted octanol–water partition coefficient (Wildman–Crippen LogP) is 3.78. The van der Waals surface area contributed by atoms with Crippen LogP contribution in [0.2, 0.25) is 0 Å². The Morgan fingerprint density at radius 1 is 1.18 bits per heavy atom. The van der Waals surface area contributed by atoms with Crippen molar-refractivity contribution in [2.75, 3.05) is 22.7 Å². The van der Waals surface area contributed by atoms with Gasteiger partial charge in [0.05, 0.1) is 0 Å². The highest BCUT2D eigenvalue weighted by Crippen LogP contribution is 2.45. The van der Waals surface area contributed by atoms with Gasteiger partial charge in [0.1, 0.15) is 9.84 Å². The van der Waals surface area contributed by atoms with Crippen LogP contribution in [0, 0.1) is 11.3 Å². The van der Waals surface area contributed by atoms with Crippen LogP contribution in [0.1, 0.15) is 38.5 Å². The van der Waals surface area contributed by atoms with Crippen LogP contribution in [0.5, 0.6) is 0 Å². The van der Waals surface area contributed by atoms with Crippen molar-refractivity contribution in [2.24, 2.45) is 11.3 Å². The van der Waals surface area contributed by atoms with Gasteiger partial charge >= 0.3 is 0 Å². The van der Waals surface area contributed by atoms with Crippen LogP contribution in [-0.2, 0) is 9.84 Å². The van der Waals surface area contributed by atoms with Crippen LogP contribution >= 0.6 is 31.9 Å². The fourth-order valence-corrected chi connectivity index (χ4v) is 5.89. The van der Waals surface area contributed by atoms with Crippen molar-refractivity contribution in [3.8, 4) is 0 Å². The highest BCUT2D eigenvalue weighted by atomic mass is 79.9. The normalized spacial score (nSPS) is 18.8. The summed E-state index contributed by atoms with van der Waals surface area (Å²) in [6.45, 7) is 0. The quantitative estimate of drug-likeness (QED) is 0.621.